The Hall–Kier alpha value is -5.93. The van der Waals surface area contributed by atoms with Crippen LogP contribution in [0.1, 0.15) is 54.4 Å². The van der Waals surface area contributed by atoms with Crippen molar-refractivity contribution in [2.24, 2.45) is 27.9 Å². The molecule has 20 nitrogen and oxygen atoms in total. The van der Waals surface area contributed by atoms with Crippen LogP contribution < -0.4 is 54.8 Å². The lowest BCUT2D eigenvalue weighted by molar-refractivity contribution is -0.139. The maximum atomic E-state index is 14.3. The van der Waals surface area contributed by atoms with Gasteiger partial charge in [-0.05, 0) is 93.9 Å². The molecular weight excluding hydrogens is 821 g/mol. The summed E-state index contributed by atoms with van der Waals surface area (Å²) in [4.78, 5) is 97.7. The maximum Gasteiger partial charge on any atom is 0.245 e. The number of aromatic hydroxyl groups is 1. The van der Waals surface area contributed by atoms with Gasteiger partial charge >= 0.3 is 0 Å². The highest BCUT2D eigenvalue weighted by Gasteiger charge is 2.33. The molecule has 0 fully saturated rings. The number of thiol groups is 1. The Balaban J connectivity index is 2.38. The van der Waals surface area contributed by atoms with E-state index in [0.717, 1.165) is 4.90 Å². The van der Waals surface area contributed by atoms with E-state index in [2.05, 4.69) is 49.5 Å². The third-order valence-corrected chi connectivity index (χ3v) is 10.2. The minimum atomic E-state index is -1.21. The summed E-state index contributed by atoms with van der Waals surface area (Å²) < 4.78 is 0. The molecule has 62 heavy (non-hydrogen) atoms. The van der Waals surface area contributed by atoms with Crippen molar-refractivity contribution in [2.75, 3.05) is 46.0 Å². The molecule has 0 saturated heterocycles. The van der Waals surface area contributed by atoms with Crippen LogP contribution in [-0.4, -0.2) is 134 Å². The van der Waals surface area contributed by atoms with Crippen molar-refractivity contribution in [3.8, 4) is 5.75 Å². The van der Waals surface area contributed by atoms with Crippen molar-refractivity contribution < 1.29 is 38.7 Å². The van der Waals surface area contributed by atoms with Gasteiger partial charge in [-0.15, -0.1) is 0 Å². The molecule has 0 aromatic heterocycles. The third-order valence-electron chi connectivity index (χ3n) is 9.87. The number of aryl methyl sites for hydroxylation is 2. The van der Waals surface area contributed by atoms with Crippen LogP contribution in [0.3, 0.4) is 0 Å². The smallest absolute Gasteiger partial charge is 0.245 e. The summed E-state index contributed by atoms with van der Waals surface area (Å²) in [7, 11) is 2.96. The van der Waals surface area contributed by atoms with E-state index >= 15 is 0 Å². The molecule has 0 saturated carbocycles. The number of amides is 7. The number of likely N-dealkylation sites (N-methyl/N-ethyl adjacent to an activating group) is 2. The first-order valence-electron chi connectivity index (χ1n) is 20.3. The summed E-state index contributed by atoms with van der Waals surface area (Å²) in [5.74, 6) is -4.76. The highest BCUT2D eigenvalue weighted by atomic mass is 32.1. The molecule has 7 amide bonds. The quantitative estimate of drug-likeness (QED) is 0.0192. The highest BCUT2D eigenvalue weighted by molar-refractivity contribution is 7.80. The van der Waals surface area contributed by atoms with E-state index in [-0.39, 0.29) is 43.3 Å². The second-order valence-corrected chi connectivity index (χ2v) is 15.3. The lowest BCUT2D eigenvalue weighted by atomic mass is 9.95. The molecule has 0 radical (unpaired) electrons. The van der Waals surface area contributed by atoms with Gasteiger partial charge in [0.25, 0.3) is 0 Å². The predicted molar refractivity (Wildman–Crippen MR) is 239 cm³/mol. The number of nitrogens with zero attached hydrogens (tertiary/aromatic N) is 2. The van der Waals surface area contributed by atoms with Crippen LogP contribution in [0.4, 0.5) is 0 Å². The van der Waals surface area contributed by atoms with Gasteiger partial charge in [-0.25, -0.2) is 0 Å². The van der Waals surface area contributed by atoms with E-state index in [4.69, 9.17) is 22.9 Å². The van der Waals surface area contributed by atoms with Crippen LogP contribution in [0.2, 0.25) is 0 Å². The average Bonchev–Trinajstić information content (AvgIpc) is 3.21. The molecule has 0 spiro atoms. The Morgan fingerprint density at radius 3 is 1.92 bits per heavy atom. The Bertz CT molecular complexity index is 1840. The lowest BCUT2D eigenvalue weighted by Gasteiger charge is -2.28. The molecule has 2 aromatic rings. The molecule has 0 aliphatic heterocycles. The van der Waals surface area contributed by atoms with E-state index in [1.54, 1.807) is 63.4 Å². The first-order valence-corrected chi connectivity index (χ1v) is 20.9. The molecule has 5 atom stereocenters. The second kappa shape index (κ2) is 27.1. The number of unbranched alkanes of at least 4 members (excludes halogenated alkanes) is 1. The second-order valence-electron chi connectivity index (χ2n) is 14.9. The fraction of sp³-hybridized carbons (Fsp3) is 0.512. The molecule has 0 unspecified atom stereocenters. The zero-order valence-electron chi connectivity index (χ0n) is 35.9. The van der Waals surface area contributed by atoms with Gasteiger partial charge in [0.1, 0.15) is 29.9 Å². The summed E-state index contributed by atoms with van der Waals surface area (Å²) in [6.07, 6.45) is 1.92. The molecule has 0 bridgehead atoms. The number of aliphatic imine (C=N–C) groups is 1. The fourth-order valence-electron chi connectivity index (χ4n) is 6.49. The lowest BCUT2D eigenvalue weighted by Crippen LogP contribution is -2.59. The fourth-order valence-corrected chi connectivity index (χ4v) is 6.76. The minimum absolute atomic E-state index is 0.0155. The molecule has 2 aromatic carbocycles. The van der Waals surface area contributed by atoms with Crippen LogP contribution in [0.5, 0.6) is 5.75 Å². The molecule has 2 rings (SSSR count). The zero-order chi connectivity index (χ0) is 46.4. The van der Waals surface area contributed by atoms with E-state index in [1.807, 2.05) is 0 Å². The first-order chi connectivity index (χ1) is 29.4. The molecule has 21 heteroatoms. The van der Waals surface area contributed by atoms with E-state index < -0.39 is 84.6 Å². The molecular formula is C41H64N12O8S. The predicted octanol–water partition coefficient (Wildman–Crippen LogP) is -2.51. The molecule has 0 aliphatic rings. The van der Waals surface area contributed by atoms with Gasteiger partial charge in [0.05, 0.1) is 19.1 Å². The highest BCUT2D eigenvalue weighted by Crippen LogP contribution is 2.22. The van der Waals surface area contributed by atoms with Crippen molar-refractivity contribution in [3.05, 3.63) is 64.7 Å². The van der Waals surface area contributed by atoms with Crippen molar-refractivity contribution in [1.82, 2.24) is 36.8 Å². The van der Waals surface area contributed by atoms with Crippen LogP contribution in [0, 0.1) is 13.8 Å². The van der Waals surface area contributed by atoms with Gasteiger partial charge in [-0.3, -0.25) is 38.6 Å². The Morgan fingerprint density at radius 2 is 1.34 bits per heavy atom. The molecule has 15 N–H and O–H groups in total. The number of rotatable bonds is 27. The van der Waals surface area contributed by atoms with Gasteiger partial charge in [0.15, 0.2) is 5.96 Å². The van der Waals surface area contributed by atoms with Crippen LogP contribution in [-0.2, 0) is 46.4 Å². The van der Waals surface area contributed by atoms with E-state index in [9.17, 15) is 38.7 Å². The summed E-state index contributed by atoms with van der Waals surface area (Å²) >= 11 is 3.97. The molecule has 0 heterocycles. The van der Waals surface area contributed by atoms with Crippen LogP contribution in [0.15, 0.2) is 47.5 Å². The Labute approximate surface area is 367 Å². The van der Waals surface area contributed by atoms with Gasteiger partial charge in [0.2, 0.25) is 41.4 Å². The number of benzene rings is 2. The maximum absolute atomic E-state index is 14.3. The number of carbonyl (C=O) groups excluding carboxylic acids is 7. The number of nitrogens with one attached hydrogen (secondary N) is 6. The van der Waals surface area contributed by atoms with E-state index in [0.29, 0.717) is 54.5 Å². The van der Waals surface area contributed by atoms with Crippen molar-refractivity contribution in [1.29, 1.82) is 0 Å². The number of phenolic OH excluding ortho intramolecular Hbond substituents is 1. The SMILES string of the molecule is CN[C@H](CCCN=C(N)N)C(=O)N[C@@H](Cc1c(C)cc(O)cc1C)C(=O)N[C@@H](CCCCN)C(=O)N[C@@H](Cc1ccccc1)C(=O)N(C)CC(=O)NCC(=O)N[C@@H](CS)C(N)=O. The summed E-state index contributed by atoms with van der Waals surface area (Å²) in [5, 5.41) is 26.3. The van der Waals surface area contributed by atoms with Gasteiger partial charge in [-0.2, -0.15) is 12.6 Å². The number of nitrogens with two attached hydrogens (primary N) is 4. The van der Waals surface area contributed by atoms with Crippen LogP contribution >= 0.6 is 12.6 Å². The monoisotopic (exact) mass is 884 g/mol. The summed E-state index contributed by atoms with van der Waals surface area (Å²) in [6.45, 7) is 3.16. The molecule has 0 aliphatic carbocycles. The Morgan fingerprint density at radius 1 is 0.758 bits per heavy atom. The van der Waals surface area contributed by atoms with Crippen molar-refractivity contribution in [2.45, 2.75) is 89.0 Å². The van der Waals surface area contributed by atoms with Crippen molar-refractivity contribution >= 4 is 59.9 Å². The normalized spacial score (nSPS) is 13.3. The standard InChI is InChI=1S/C41H64N12O8S/c1-24-17-27(54)18-25(2)28(24)20-31(51-37(58)29(46-3)14-10-16-47-41(44)45)39(60)50-30(13-8-9-15-42)38(59)52-32(19-26-11-6-5-7-12-26)40(61)53(4)22-35(56)48-21-34(55)49-33(23-62)36(43)57/h5-7,11-12,17-18,29-33,46,54,62H,8-10,13-16,19-23,42H2,1-4H3,(H2,43,57)(H,48,56)(H,49,55)(H,50,60)(H,51,58)(H,52,59)(H4,44,45,47)/t29-,30+,31+,32+,33+/m1/s1. The molecule has 342 valence electrons. The third kappa shape index (κ3) is 18.4. The summed E-state index contributed by atoms with van der Waals surface area (Å²) in [5.41, 5.74) is 24.6. The topological polar surface area (TPSA) is 332 Å². The number of phenols is 1. The number of carbonyl (C=O) groups is 7. The van der Waals surface area contributed by atoms with Crippen molar-refractivity contribution in [3.63, 3.8) is 0 Å². The zero-order valence-corrected chi connectivity index (χ0v) is 36.8. The summed E-state index contributed by atoms with van der Waals surface area (Å²) in [6, 6.07) is 6.61. The first kappa shape index (κ1) is 52.2. The minimum Gasteiger partial charge on any atom is -0.508 e. The van der Waals surface area contributed by atoms with Gasteiger partial charge < -0.3 is 64.8 Å². The Kier molecular flexibility index (Phi) is 22.8. The van der Waals surface area contributed by atoms with Crippen LogP contribution in [0.25, 0.3) is 0 Å². The van der Waals surface area contributed by atoms with Gasteiger partial charge in [-0.1, -0.05) is 30.3 Å². The number of primary amides is 1. The number of hydrogen-bond donors (Lipinski definition) is 12. The average molecular weight is 885 g/mol. The largest absolute Gasteiger partial charge is 0.508 e. The number of guanidine groups is 1. The van der Waals surface area contributed by atoms with E-state index in [1.165, 1.54) is 7.05 Å². The van der Waals surface area contributed by atoms with Gasteiger partial charge in [0, 0.05) is 32.2 Å². The number of hydrogen-bond acceptors (Lipinski definition) is 12.